The number of aromatic nitrogens is 1. The predicted molar refractivity (Wildman–Crippen MR) is 86.6 cm³/mol. The van der Waals surface area contributed by atoms with Gasteiger partial charge in [-0.05, 0) is 35.9 Å². The lowest BCUT2D eigenvalue weighted by Gasteiger charge is -2.01. The Kier molecular flexibility index (Phi) is 2.82. The van der Waals surface area contributed by atoms with Gasteiger partial charge in [0.25, 0.3) is 0 Å². The van der Waals surface area contributed by atoms with E-state index in [1.54, 1.807) is 7.11 Å². The number of benzene rings is 2. The van der Waals surface area contributed by atoms with Crippen LogP contribution < -0.4 is 4.74 Å². The molecule has 2 aromatic carbocycles. The van der Waals surface area contributed by atoms with Gasteiger partial charge in [-0.1, -0.05) is 12.1 Å². The summed E-state index contributed by atoms with van der Waals surface area (Å²) in [6.45, 7) is 0. The smallest absolute Gasteiger partial charge is 0.209 e. The minimum Gasteiger partial charge on any atom is -0.497 e. The molecule has 4 heteroatoms. The van der Waals surface area contributed by atoms with Crippen LogP contribution in [0.1, 0.15) is 21.6 Å². The first-order chi connectivity index (χ1) is 10.7. The van der Waals surface area contributed by atoms with E-state index in [0.717, 1.165) is 34.3 Å². The SMILES string of the molecule is COc1ccc2[nH]c(C(=O)c3ccc4c(c3)N=CC4)cc2c1. The number of nitrogens with zero attached hydrogens (tertiary/aromatic N) is 1. The molecular formula is C18H14N2O2. The second kappa shape index (κ2) is 4.84. The molecule has 4 rings (SSSR count). The summed E-state index contributed by atoms with van der Waals surface area (Å²) in [5, 5.41) is 0.960. The normalized spacial score (nSPS) is 12.6. The van der Waals surface area contributed by atoms with Gasteiger partial charge in [0.2, 0.25) is 5.78 Å². The van der Waals surface area contributed by atoms with Crippen molar-refractivity contribution >= 4 is 28.6 Å². The Morgan fingerprint density at radius 1 is 1.18 bits per heavy atom. The summed E-state index contributed by atoms with van der Waals surface area (Å²) in [5.41, 5.74) is 4.20. The molecule has 0 fully saturated rings. The Bertz CT molecular complexity index is 922. The van der Waals surface area contributed by atoms with Crippen LogP contribution >= 0.6 is 0 Å². The number of carbonyl (C=O) groups is 1. The number of aliphatic imine (C=N–C) groups is 1. The predicted octanol–water partition coefficient (Wildman–Crippen LogP) is 3.67. The molecule has 0 saturated carbocycles. The molecule has 4 nitrogen and oxygen atoms in total. The van der Waals surface area contributed by atoms with E-state index in [0.29, 0.717) is 11.3 Å². The molecule has 0 bridgehead atoms. The van der Waals surface area contributed by atoms with Crippen LogP contribution in [0.3, 0.4) is 0 Å². The van der Waals surface area contributed by atoms with Gasteiger partial charge in [-0.25, -0.2) is 0 Å². The van der Waals surface area contributed by atoms with Crippen molar-refractivity contribution in [3.63, 3.8) is 0 Å². The first kappa shape index (κ1) is 12.8. The van der Waals surface area contributed by atoms with Gasteiger partial charge in [-0.2, -0.15) is 0 Å². The highest BCUT2D eigenvalue weighted by atomic mass is 16.5. The van der Waals surface area contributed by atoms with E-state index in [1.165, 1.54) is 0 Å². The zero-order chi connectivity index (χ0) is 15.1. The van der Waals surface area contributed by atoms with Crippen molar-refractivity contribution in [2.75, 3.05) is 7.11 Å². The highest BCUT2D eigenvalue weighted by molar-refractivity contribution is 6.10. The minimum absolute atomic E-state index is 0.0277. The Balaban J connectivity index is 1.74. The Morgan fingerprint density at radius 2 is 2.09 bits per heavy atom. The molecule has 0 saturated heterocycles. The van der Waals surface area contributed by atoms with Crippen molar-refractivity contribution in [1.29, 1.82) is 0 Å². The fraction of sp³-hybridized carbons (Fsp3) is 0.111. The molecule has 0 spiro atoms. The fourth-order valence-corrected chi connectivity index (χ4v) is 2.76. The molecule has 3 aromatic rings. The summed E-state index contributed by atoms with van der Waals surface area (Å²) < 4.78 is 5.21. The number of hydrogen-bond donors (Lipinski definition) is 1. The number of methoxy groups -OCH3 is 1. The number of H-pyrrole nitrogens is 1. The summed E-state index contributed by atoms with van der Waals surface area (Å²) in [6.07, 6.45) is 2.71. The monoisotopic (exact) mass is 290 g/mol. The first-order valence-corrected chi connectivity index (χ1v) is 7.11. The maximum Gasteiger partial charge on any atom is 0.209 e. The molecule has 0 atom stereocenters. The molecule has 0 amide bonds. The lowest BCUT2D eigenvalue weighted by molar-refractivity contribution is 0.103. The van der Waals surface area contributed by atoms with Crippen LogP contribution in [-0.2, 0) is 6.42 Å². The summed E-state index contributed by atoms with van der Waals surface area (Å²) in [5.74, 6) is 0.748. The van der Waals surface area contributed by atoms with E-state index in [1.807, 2.05) is 48.7 Å². The second-order valence-electron chi connectivity index (χ2n) is 5.32. The highest BCUT2D eigenvalue weighted by Crippen LogP contribution is 2.27. The van der Waals surface area contributed by atoms with Crippen LogP contribution in [0.4, 0.5) is 5.69 Å². The second-order valence-corrected chi connectivity index (χ2v) is 5.32. The number of aromatic amines is 1. The van der Waals surface area contributed by atoms with Gasteiger partial charge in [0.05, 0.1) is 18.5 Å². The maximum atomic E-state index is 12.7. The van der Waals surface area contributed by atoms with Crippen LogP contribution in [0.2, 0.25) is 0 Å². The Hall–Kier alpha value is -2.88. The maximum absolute atomic E-state index is 12.7. The number of carbonyl (C=O) groups excluding carboxylic acids is 1. The van der Waals surface area contributed by atoms with E-state index in [4.69, 9.17) is 4.74 Å². The van der Waals surface area contributed by atoms with Gasteiger partial charge in [0.15, 0.2) is 0 Å². The van der Waals surface area contributed by atoms with Gasteiger partial charge in [0.1, 0.15) is 5.75 Å². The third kappa shape index (κ3) is 2.00. The van der Waals surface area contributed by atoms with Crippen LogP contribution in [0.15, 0.2) is 47.5 Å². The molecule has 108 valence electrons. The summed E-state index contributed by atoms with van der Waals surface area (Å²) in [6, 6.07) is 13.2. The quantitative estimate of drug-likeness (QED) is 0.748. The number of nitrogens with one attached hydrogen (secondary N) is 1. The van der Waals surface area contributed by atoms with Crippen LogP contribution in [0.25, 0.3) is 10.9 Å². The average molecular weight is 290 g/mol. The lowest BCUT2D eigenvalue weighted by atomic mass is 10.0. The largest absolute Gasteiger partial charge is 0.497 e. The van der Waals surface area contributed by atoms with Gasteiger partial charge in [-0.15, -0.1) is 0 Å². The van der Waals surface area contributed by atoms with Gasteiger partial charge < -0.3 is 9.72 Å². The van der Waals surface area contributed by atoms with E-state index in [2.05, 4.69) is 9.98 Å². The number of ether oxygens (including phenoxy) is 1. The number of ketones is 1. The molecule has 0 unspecified atom stereocenters. The zero-order valence-corrected chi connectivity index (χ0v) is 12.1. The van der Waals surface area contributed by atoms with E-state index in [9.17, 15) is 4.79 Å². The third-order valence-corrected chi connectivity index (χ3v) is 3.96. The van der Waals surface area contributed by atoms with E-state index < -0.39 is 0 Å². The molecule has 1 N–H and O–H groups in total. The van der Waals surface area contributed by atoms with Gasteiger partial charge in [-0.3, -0.25) is 9.79 Å². The third-order valence-electron chi connectivity index (χ3n) is 3.96. The van der Waals surface area contributed by atoms with E-state index >= 15 is 0 Å². The van der Waals surface area contributed by atoms with Crippen LogP contribution in [0.5, 0.6) is 5.75 Å². The zero-order valence-electron chi connectivity index (χ0n) is 12.1. The van der Waals surface area contributed by atoms with Crippen LogP contribution in [0, 0.1) is 0 Å². The topological polar surface area (TPSA) is 54.5 Å². The van der Waals surface area contributed by atoms with Crippen molar-refractivity contribution in [3.8, 4) is 5.75 Å². The summed E-state index contributed by atoms with van der Waals surface area (Å²) >= 11 is 0. The standard InChI is InChI=1S/C18H14N2O2/c1-22-14-4-5-15-13(8-14)10-17(20-15)18(21)12-3-2-11-6-7-19-16(11)9-12/h2-5,7-10,20H,6H2,1H3. The minimum atomic E-state index is -0.0277. The lowest BCUT2D eigenvalue weighted by Crippen LogP contribution is -2.01. The first-order valence-electron chi connectivity index (χ1n) is 7.11. The molecule has 2 heterocycles. The number of hydrogen-bond acceptors (Lipinski definition) is 3. The molecule has 22 heavy (non-hydrogen) atoms. The summed E-state index contributed by atoms with van der Waals surface area (Å²) in [7, 11) is 1.63. The van der Waals surface area contributed by atoms with Crippen molar-refractivity contribution in [2.45, 2.75) is 6.42 Å². The highest BCUT2D eigenvalue weighted by Gasteiger charge is 2.15. The molecular weight excluding hydrogens is 276 g/mol. The van der Waals surface area contributed by atoms with Crippen LogP contribution in [-0.4, -0.2) is 24.1 Å². The van der Waals surface area contributed by atoms with E-state index in [-0.39, 0.29) is 5.78 Å². The van der Waals surface area contributed by atoms with Gasteiger partial charge >= 0.3 is 0 Å². The van der Waals surface area contributed by atoms with Crippen molar-refractivity contribution in [3.05, 3.63) is 59.3 Å². The molecule has 1 aliphatic rings. The summed E-state index contributed by atoms with van der Waals surface area (Å²) in [4.78, 5) is 20.1. The molecule has 1 aliphatic heterocycles. The van der Waals surface area contributed by atoms with Crippen molar-refractivity contribution in [1.82, 2.24) is 4.98 Å². The number of fused-ring (bicyclic) bond motifs is 2. The number of rotatable bonds is 3. The molecule has 0 aliphatic carbocycles. The molecule has 1 aromatic heterocycles. The fourth-order valence-electron chi connectivity index (χ4n) is 2.76. The van der Waals surface area contributed by atoms with Crippen molar-refractivity contribution in [2.24, 2.45) is 4.99 Å². The average Bonchev–Trinajstić information content (AvgIpc) is 3.18. The Morgan fingerprint density at radius 3 is 2.95 bits per heavy atom. The Labute approximate surface area is 127 Å². The molecule has 0 radical (unpaired) electrons. The van der Waals surface area contributed by atoms with Gasteiger partial charge in [0, 0.05) is 29.1 Å². The van der Waals surface area contributed by atoms with Crippen molar-refractivity contribution < 1.29 is 9.53 Å².